The van der Waals surface area contributed by atoms with Gasteiger partial charge in [-0.15, -0.1) is 34.9 Å². The maximum atomic E-state index is 12.8. The van der Waals surface area contributed by atoms with Crippen LogP contribution in [0, 0.1) is 24.7 Å². The molecule has 6 aromatic carbocycles. The van der Waals surface area contributed by atoms with Crippen molar-refractivity contribution in [2.45, 2.75) is 235 Å². The van der Waals surface area contributed by atoms with Crippen molar-refractivity contribution in [2.24, 2.45) is 9.98 Å². The molecule has 6 atom stereocenters. The largest absolute Gasteiger partial charge is 0.480 e. The van der Waals surface area contributed by atoms with Crippen LogP contribution in [0.3, 0.4) is 0 Å². The van der Waals surface area contributed by atoms with Gasteiger partial charge in [-0.1, -0.05) is 220 Å². The Kier molecular flexibility index (Phi) is 61.4. The predicted octanol–water partition coefficient (Wildman–Crippen LogP) is 12.7. The van der Waals surface area contributed by atoms with Crippen LogP contribution in [0.15, 0.2) is 211 Å². The SMILES string of the molecule is C#CC[C@@H](NC(=O)OC(C)(C)C)C(=O)OCc1ccccc1.C#CC[C@H](NC(=O)OC(C)(C)C)C(=O)O.CC.CC.CC(=O)OCc1ccccc1.CC(C)(C)OC(=O)N[C@H](Cc1cn(Cc2ccccc2)nn1)C(=O)OCc1ccccc1.CO.COOC=N[C@@H](Cc1cn(Cc2ccccc2)nn1)C(=O)OCc1ccccc1.COOC=N[C@@H](Cc1cn[nH]n1)C(=O)O.OC1CCCO1. The van der Waals surface area contributed by atoms with E-state index in [0.717, 1.165) is 72.7 Å². The maximum Gasteiger partial charge on any atom is 0.408 e. The number of aromatic nitrogens is 9. The summed E-state index contributed by atoms with van der Waals surface area (Å²) in [4.78, 5) is 130. The van der Waals surface area contributed by atoms with E-state index in [1.807, 2.05) is 210 Å². The second-order valence-electron chi connectivity index (χ2n) is 30.5. The van der Waals surface area contributed by atoms with Crippen LogP contribution in [0.1, 0.15) is 173 Å². The first-order valence-electron chi connectivity index (χ1n) is 43.0. The zero-order valence-electron chi connectivity index (χ0n) is 80.1. The lowest BCUT2D eigenvalue weighted by atomic mass is 10.1. The van der Waals surface area contributed by atoms with Crippen molar-refractivity contribution in [3.8, 4) is 24.7 Å². The van der Waals surface area contributed by atoms with Crippen LogP contribution < -0.4 is 16.0 Å². The van der Waals surface area contributed by atoms with Crippen molar-refractivity contribution in [3.63, 3.8) is 0 Å². The summed E-state index contributed by atoms with van der Waals surface area (Å²) >= 11 is 0. The Hall–Kier alpha value is -14.8. The second-order valence-corrected chi connectivity index (χ2v) is 30.5. The van der Waals surface area contributed by atoms with Gasteiger partial charge in [0.1, 0.15) is 61.4 Å². The molecule has 10 rings (SSSR count). The van der Waals surface area contributed by atoms with Gasteiger partial charge < -0.3 is 84.0 Å². The summed E-state index contributed by atoms with van der Waals surface area (Å²) in [6, 6.07) is 52.6. The van der Waals surface area contributed by atoms with E-state index >= 15 is 0 Å². The number of carboxylic acid groups (broad SMARTS) is 2. The zero-order chi connectivity index (χ0) is 102. The van der Waals surface area contributed by atoms with E-state index in [9.17, 15) is 43.2 Å². The third kappa shape index (κ3) is 58.9. The van der Waals surface area contributed by atoms with Crippen LogP contribution in [-0.4, -0.2) is 214 Å². The molecule has 738 valence electrons. The fourth-order valence-electron chi connectivity index (χ4n) is 10.1. The van der Waals surface area contributed by atoms with Crippen LogP contribution in [-0.2, 0) is 145 Å². The number of aliphatic imine (C=N–C) groups is 2. The van der Waals surface area contributed by atoms with Gasteiger partial charge in [0.25, 0.3) is 0 Å². The molecule has 1 saturated heterocycles. The Labute approximate surface area is 793 Å². The van der Waals surface area contributed by atoms with Crippen molar-refractivity contribution in [3.05, 3.63) is 251 Å². The molecular weight excluding hydrogens is 1760 g/mol. The van der Waals surface area contributed by atoms with Gasteiger partial charge in [-0.3, -0.25) is 4.79 Å². The molecular formula is C97H130N14O25. The number of terminal acetylenes is 2. The number of carboxylic acids is 2. The lowest BCUT2D eigenvalue weighted by molar-refractivity contribution is -0.188. The topological polar surface area (TPSA) is 509 Å². The number of H-pyrrole nitrogens is 1. The number of benzene rings is 6. The third-order valence-electron chi connectivity index (χ3n) is 16.0. The number of alkyl carbamates (subject to hydrolysis) is 3. The summed E-state index contributed by atoms with van der Waals surface area (Å²) in [5, 5.41) is 66.4. The number of nitrogens with zero attached hydrogens (tertiary/aromatic N) is 10. The number of rotatable bonds is 34. The Bertz CT molecular complexity index is 4920. The average molecular weight is 1890 g/mol. The van der Waals surface area contributed by atoms with Crippen LogP contribution in [0.5, 0.6) is 0 Å². The number of carbonyl (C=O) groups is 9. The van der Waals surface area contributed by atoms with Gasteiger partial charge in [-0.2, -0.15) is 25.2 Å². The summed E-state index contributed by atoms with van der Waals surface area (Å²) in [6.45, 7) is 27.6. The Morgan fingerprint density at radius 2 is 0.824 bits per heavy atom. The first-order chi connectivity index (χ1) is 65.0. The highest BCUT2D eigenvalue weighted by molar-refractivity contribution is 5.83. The van der Waals surface area contributed by atoms with Crippen LogP contribution >= 0.6 is 0 Å². The van der Waals surface area contributed by atoms with Crippen molar-refractivity contribution < 1.29 is 121 Å². The molecule has 4 heterocycles. The van der Waals surface area contributed by atoms with E-state index in [4.69, 9.17) is 71.2 Å². The van der Waals surface area contributed by atoms with E-state index < -0.39 is 101 Å². The molecule has 8 N–H and O–H groups in total. The van der Waals surface area contributed by atoms with Gasteiger partial charge in [-0.25, -0.2) is 57.7 Å². The zero-order valence-corrected chi connectivity index (χ0v) is 80.1. The Morgan fingerprint density at radius 1 is 0.485 bits per heavy atom. The molecule has 136 heavy (non-hydrogen) atoms. The number of hydrogen-bond donors (Lipinski definition) is 8. The highest BCUT2D eigenvalue weighted by Crippen LogP contribution is 2.16. The van der Waals surface area contributed by atoms with Gasteiger partial charge in [0.05, 0.1) is 50.6 Å². The summed E-state index contributed by atoms with van der Waals surface area (Å²) in [5.41, 5.74) is 5.48. The molecule has 9 aromatic rings. The standard InChI is InChI=1S/C24H28N4O4.C21H22N4O4.C17H21NO4.C10H15NO4.C9H10O2.C7H10N4O4.C4H8O2.2C2H6.CH4O/c1-24(2,3)32-23(30)25-21(22(29)31-17-19-12-8-5-9-13-19)14-20-16-28(27-26-20)15-18-10-6-4-7-11-18;1-27-29-16-22-20(21(26)28-15-18-10-6-3-7-11-18)12-19-14-25(24-23-19)13-17-8-4-2-5-9-17;1-5-9-14(18-16(20)22-17(2,3)4)15(19)21-12-13-10-7-6-8-11-13;1-5-6-7(8(12)13)11-9(14)15-10(2,3)4;1-8(10)11-7-9-5-3-2-4-6-9;1-14-15-4-8-6(7(12)13)2-5-3-9-11-10-5;5-4-2-1-3-6-4;3*1-2/h4-13,16,21H,14-15,17H2,1-3H3,(H,25,30);2-11,14,16,20H,12-13,15H2,1H3;1,6-8,10-11,14H,9,12H2,2-4H3,(H,18,20);1,7H,6H2,2-4H3,(H,11,14)(H,12,13);2-6H,7H2,1H3;3-4,6H,2H2,1H3,(H,12,13)(H,9,10,11);4-5H,1-3H2;2*1-2H3;2H,1H3/t21-;20-;14-;7-;;6-;;;;/m1010.0..../s1. The third-order valence-corrected chi connectivity index (χ3v) is 16.0. The van der Waals surface area contributed by atoms with E-state index in [-0.39, 0.29) is 57.9 Å². The van der Waals surface area contributed by atoms with Crippen molar-refractivity contribution in [2.75, 3.05) is 27.9 Å². The molecule has 1 aliphatic heterocycles. The van der Waals surface area contributed by atoms with Crippen LogP contribution in [0.25, 0.3) is 0 Å². The quantitative estimate of drug-likeness (QED) is 0.00353. The molecule has 0 radical (unpaired) electrons. The molecule has 1 unspecified atom stereocenters. The number of aromatic amines is 1. The summed E-state index contributed by atoms with van der Waals surface area (Å²) in [5.74, 6) is 0.366. The lowest BCUT2D eigenvalue weighted by Gasteiger charge is -2.22. The number of aliphatic carboxylic acids is 2. The van der Waals surface area contributed by atoms with Gasteiger partial charge >= 0.3 is 54.1 Å². The van der Waals surface area contributed by atoms with Crippen molar-refractivity contribution >= 4 is 66.9 Å². The van der Waals surface area contributed by atoms with E-state index in [1.165, 1.54) is 27.3 Å². The molecule has 3 aromatic heterocycles. The minimum atomic E-state index is -1.18. The lowest BCUT2D eigenvalue weighted by Crippen LogP contribution is -2.45. The monoisotopic (exact) mass is 1890 g/mol. The highest BCUT2D eigenvalue weighted by atomic mass is 17.2. The molecule has 39 heteroatoms. The first kappa shape index (κ1) is 119. The van der Waals surface area contributed by atoms with Gasteiger partial charge in [0.2, 0.25) is 12.8 Å². The number of carbonyl (C=O) groups excluding carboxylic acids is 7. The Balaban J connectivity index is 0.000000820. The molecule has 0 saturated carbocycles. The number of esters is 4. The molecule has 1 fully saturated rings. The number of aliphatic hydroxyl groups excluding tert-OH is 2. The second kappa shape index (κ2) is 70.0. The van der Waals surface area contributed by atoms with Gasteiger partial charge in [0, 0.05) is 71.6 Å². The molecule has 1 aliphatic rings. The molecule has 3 amide bonds. The fourth-order valence-corrected chi connectivity index (χ4v) is 10.1. The maximum absolute atomic E-state index is 12.8. The number of amides is 3. The summed E-state index contributed by atoms with van der Waals surface area (Å²) in [6.07, 6.45) is 16.8. The number of nitrogens with one attached hydrogen (secondary N) is 4. The van der Waals surface area contributed by atoms with Crippen molar-refractivity contribution in [1.82, 2.24) is 61.3 Å². The normalized spacial score (nSPS) is 12.5. The average Bonchev–Trinajstić information content (AvgIpc) is 1.71. The minimum Gasteiger partial charge on any atom is -0.480 e. The minimum absolute atomic E-state index is 0.0346. The predicted molar refractivity (Wildman–Crippen MR) is 504 cm³/mol. The molecule has 0 aliphatic carbocycles. The highest BCUT2D eigenvalue weighted by Gasteiger charge is 2.30. The van der Waals surface area contributed by atoms with Crippen molar-refractivity contribution in [1.29, 1.82) is 0 Å². The number of hydrogen-bond acceptors (Lipinski definition) is 31. The number of ether oxygens (including phenoxy) is 8. The van der Waals surface area contributed by atoms with Gasteiger partial charge in [-0.05, 0) is 102 Å². The Morgan fingerprint density at radius 3 is 1.15 bits per heavy atom. The molecule has 39 nitrogen and oxygen atoms in total. The van der Waals surface area contributed by atoms with E-state index in [2.05, 4.69) is 93.4 Å². The summed E-state index contributed by atoms with van der Waals surface area (Å²) in [7, 11) is 3.64. The molecule has 0 spiro atoms. The first-order valence-corrected chi connectivity index (χ1v) is 43.0. The van der Waals surface area contributed by atoms with Crippen LogP contribution in [0.4, 0.5) is 14.4 Å². The van der Waals surface area contributed by atoms with Gasteiger partial charge in [0.15, 0.2) is 18.4 Å². The smallest absolute Gasteiger partial charge is 0.408 e. The van der Waals surface area contributed by atoms with E-state index in [1.54, 1.807) is 84.1 Å². The van der Waals surface area contributed by atoms with E-state index in [0.29, 0.717) is 36.8 Å². The number of aliphatic hydroxyl groups is 2. The summed E-state index contributed by atoms with van der Waals surface area (Å²) < 4.78 is 44.2. The molecule has 0 bridgehead atoms. The fraction of sp³-hybridized carbons (Fsp3) is 0.412. The van der Waals surface area contributed by atoms with Crippen LogP contribution in [0.2, 0.25) is 0 Å².